The molecular formula is C41H73O11P. The van der Waals surface area contributed by atoms with Crippen molar-refractivity contribution in [3.63, 3.8) is 0 Å². The third-order valence-corrected chi connectivity index (χ3v) is 10.3. The Kier molecular flexibility index (Phi) is 28.1. The van der Waals surface area contributed by atoms with Gasteiger partial charge in [0, 0.05) is 31.1 Å². The maximum Gasteiger partial charge on any atom is 0.469 e. The minimum Gasteiger partial charge on any atom is -0.462 e. The van der Waals surface area contributed by atoms with Crippen molar-refractivity contribution < 1.29 is 52.9 Å². The normalized spacial score (nSPS) is 19.1. The van der Waals surface area contributed by atoms with Crippen molar-refractivity contribution >= 4 is 25.5 Å². The number of unbranched alkanes of at least 4 members (excludes halogenated alkanes) is 14. The summed E-state index contributed by atoms with van der Waals surface area (Å²) in [7, 11) is -4.83. The van der Waals surface area contributed by atoms with E-state index in [-0.39, 0.29) is 43.5 Å². The van der Waals surface area contributed by atoms with E-state index in [0.29, 0.717) is 32.1 Å². The summed E-state index contributed by atoms with van der Waals surface area (Å²) in [6.07, 6.45) is 25.6. The zero-order chi connectivity index (χ0) is 39.3. The molecule has 53 heavy (non-hydrogen) atoms. The van der Waals surface area contributed by atoms with Crippen LogP contribution in [0.5, 0.6) is 0 Å². The highest BCUT2D eigenvalue weighted by atomic mass is 31.2. The molecular weight excluding hydrogens is 699 g/mol. The number of allylic oxidation sites excluding steroid dienone is 2. The van der Waals surface area contributed by atoms with E-state index in [2.05, 4.69) is 25.3 Å². The lowest BCUT2D eigenvalue weighted by Gasteiger charge is -2.18. The number of hydrogen-bond donors (Lipinski definition) is 4. The van der Waals surface area contributed by atoms with E-state index in [0.717, 1.165) is 44.4 Å². The molecule has 1 aliphatic rings. The number of esters is 2. The van der Waals surface area contributed by atoms with Crippen molar-refractivity contribution in [1.29, 1.82) is 0 Å². The number of carbonyl (C=O) groups excluding carboxylic acids is 3. The minimum atomic E-state index is -4.83. The van der Waals surface area contributed by atoms with Crippen molar-refractivity contribution in [2.24, 2.45) is 17.8 Å². The van der Waals surface area contributed by atoms with Crippen molar-refractivity contribution in [2.75, 3.05) is 13.2 Å². The number of phosphoric acid groups is 1. The molecule has 0 bridgehead atoms. The quantitative estimate of drug-likeness (QED) is 0.0217. The molecule has 0 radical (unpaired) electrons. The lowest BCUT2D eigenvalue weighted by molar-refractivity contribution is -0.161. The predicted molar refractivity (Wildman–Crippen MR) is 208 cm³/mol. The van der Waals surface area contributed by atoms with Gasteiger partial charge in [-0.1, -0.05) is 141 Å². The van der Waals surface area contributed by atoms with Crippen LogP contribution < -0.4 is 0 Å². The molecule has 1 rings (SSSR count). The van der Waals surface area contributed by atoms with Crippen LogP contribution in [0.4, 0.5) is 0 Å². The summed E-state index contributed by atoms with van der Waals surface area (Å²) < 4.78 is 26.3. The van der Waals surface area contributed by atoms with Crippen LogP contribution in [0.2, 0.25) is 0 Å². The average Bonchev–Trinajstić information content (AvgIpc) is 3.36. The molecule has 0 aromatic heterocycles. The molecule has 5 atom stereocenters. The molecule has 0 aromatic rings. The van der Waals surface area contributed by atoms with Gasteiger partial charge < -0.3 is 29.5 Å². The Morgan fingerprint density at radius 3 is 2.00 bits per heavy atom. The summed E-state index contributed by atoms with van der Waals surface area (Å²) in [5, 5.41) is 20.6. The van der Waals surface area contributed by atoms with Crippen LogP contribution in [0.25, 0.3) is 0 Å². The fourth-order valence-corrected chi connectivity index (χ4v) is 6.96. The van der Waals surface area contributed by atoms with Crippen molar-refractivity contribution in [3.05, 3.63) is 24.3 Å². The van der Waals surface area contributed by atoms with Crippen LogP contribution >= 0.6 is 7.82 Å². The number of phosphoric ester groups is 1. The van der Waals surface area contributed by atoms with Gasteiger partial charge in [-0.25, -0.2) is 4.57 Å². The van der Waals surface area contributed by atoms with Crippen LogP contribution in [0, 0.1) is 17.8 Å². The Hall–Kier alpha value is -1.88. The van der Waals surface area contributed by atoms with Gasteiger partial charge in [0.2, 0.25) is 0 Å². The van der Waals surface area contributed by atoms with Crippen LogP contribution in [0.3, 0.4) is 0 Å². The first-order valence-corrected chi connectivity index (χ1v) is 22.1. The van der Waals surface area contributed by atoms with E-state index in [9.17, 15) is 29.2 Å². The molecule has 308 valence electrons. The van der Waals surface area contributed by atoms with E-state index in [4.69, 9.17) is 19.3 Å². The second kappa shape index (κ2) is 30.4. The number of carbonyl (C=O) groups is 3. The summed E-state index contributed by atoms with van der Waals surface area (Å²) in [5.41, 5.74) is 0. The SMILES string of the molecule is CCCCC[C@H](O)/C=C/[C@H]1[C@H](O)CC(=O)[C@@H]1C/C=C\CCCC(=O)O[C@H](COC(=O)CCCCCCCCCCCCCCC(C)C)COP(=O)(O)O. The molecule has 1 fully saturated rings. The van der Waals surface area contributed by atoms with E-state index in [1.807, 2.05) is 12.2 Å². The fraction of sp³-hybridized carbons (Fsp3) is 0.829. The lowest BCUT2D eigenvalue weighted by Crippen LogP contribution is -2.29. The first-order chi connectivity index (χ1) is 25.3. The molecule has 1 aliphatic carbocycles. The van der Waals surface area contributed by atoms with Gasteiger partial charge in [0.25, 0.3) is 0 Å². The first-order valence-electron chi connectivity index (χ1n) is 20.6. The Morgan fingerprint density at radius 2 is 1.40 bits per heavy atom. The van der Waals surface area contributed by atoms with Crippen molar-refractivity contribution in [3.8, 4) is 0 Å². The fourth-order valence-electron chi connectivity index (χ4n) is 6.60. The number of Topliss-reactive ketones (excluding diaryl/α,β-unsaturated/α-hetero) is 1. The minimum absolute atomic E-state index is 0.0143. The molecule has 11 nitrogen and oxygen atoms in total. The number of aliphatic hydroxyl groups is 2. The highest BCUT2D eigenvalue weighted by Gasteiger charge is 2.39. The van der Waals surface area contributed by atoms with Gasteiger partial charge in [-0.15, -0.1) is 0 Å². The van der Waals surface area contributed by atoms with Gasteiger partial charge >= 0.3 is 19.8 Å². The van der Waals surface area contributed by atoms with Crippen molar-refractivity contribution in [1.82, 2.24) is 0 Å². The van der Waals surface area contributed by atoms with E-state index in [1.54, 1.807) is 12.2 Å². The van der Waals surface area contributed by atoms with E-state index < -0.39 is 44.7 Å². The Bertz CT molecular complexity index is 1090. The standard InChI is InChI=1S/C41H73O11P/c1-4-5-18-24-34(42)28-29-37-36(38(43)30-39(37)44)25-20-16-17-22-27-41(46)52-35(32-51-53(47,48)49)31-50-40(45)26-21-15-13-11-9-7-6-8-10-12-14-19-23-33(2)3/h16,20,28-29,33-37,39,42,44H,4-15,17-19,21-27,30-32H2,1-3H3,(H2,47,48,49)/b20-16-,29-28+/t34-,35+,36+,37+,39+/m0/s1. The third kappa shape index (κ3) is 27.4. The second-order valence-electron chi connectivity index (χ2n) is 15.2. The van der Waals surface area contributed by atoms with Crippen LogP contribution in [-0.2, 0) is 32.9 Å². The summed E-state index contributed by atoms with van der Waals surface area (Å²) >= 11 is 0. The number of aliphatic hydroxyl groups excluding tert-OH is 2. The maximum absolute atomic E-state index is 12.5. The summed E-state index contributed by atoms with van der Waals surface area (Å²) in [4.78, 5) is 55.5. The molecule has 0 aromatic carbocycles. The first kappa shape index (κ1) is 49.1. The topological polar surface area (TPSA) is 177 Å². The van der Waals surface area contributed by atoms with Gasteiger partial charge in [-0.2, -0.15) is 0 Å². The molecule has 1 saturated carbocycles. The molecule has 0 amide bonds. The van der Waals surface area contributed by atoms with Gasteiger partial charge in [0.1, 0.15) is 12.4 Å². The van der Waals surface area contributed by atoms with E-state index in [1.165, 1.54) is 57.8 Å². The number of ketones is 1. The number of rotatable bonds is 33. The number of ether oxygens (including phenoxy) is 2. The van der Waals surface area contributed by atoms with Crippen LogP contribution in [0.1, 0.15) is 168 Å². The van der Waals surface area contributed by atoms with Gasteiger partial charge in [-0.3, -0.25) is 18.9 Å². The summed E-state index contributed by atoms with van der Waals surface area (Å²) in [5.74, 6) is -1.02. The Balaban J connectivity index is 2.31. The van der Waals surface area contributed by atoms with E-state index >= 15 is 0 Å². The van der Waals surface area contributed by atoms with Gasteiger partial charge in [-0.05, 0) is 38.0 Å². The summed E-state index contributed by atoms with van der Waals surface area (Å²) in [6, 6.07) is 0. The molecule has 0 saturated heterocycles. The zero-order valence-electron chi connectivity index (χ0n) is 33.0. The molecule has 0 heterocycles. The van der Waals surface area contributed by atoms with Crippen LogP contribution in [-0.4, -0.2) is 69.2 Å². The number of hydrogen-bond acceptors (Lipinski definition) is 9. The predicted octanol–water partition coefficient (Wildman–Crippen LogP) is 8.85. The zero-order valence-corrected chi connectivity index (χ0v) is 33.9. The van der Waals surface area contributed by atoms with Crippen molar-refractivity contribution in [2.45, 2.75) is 187 Å². The van der Waals surface area contributed by atoms with Crippen LogP contribution in [0.15, 0.2) is 24.3 Å². The molecule has 0 unspecified atom stereocenters. The monoisotopic (exact) mass is 772 g/mol. The maximum atomic E-state index is 12.5. The molecule has 12 heteroatoms. The summed E-state index contributed by atoms with van der Waals surface area (Å²) in [6.45, 7) is 5.67. The molecule has 0 spiro atoms. The van der Waals surface area contributed by atoms with Gasteiger partial charge in [0.15, 0.2) is 6.10 Å². The molecule has 4 N–H and O–H groups in total. The smallest absolute Gasteiger partial charge is 0.462 e. The second-order valence-corrected chi connectivity index (χ2v) is 16.5. The highest BCUT2D eigenvalue weighted by Crippen LogP contribution is 2.36. The molecule has 0 aliphatic heterocycles. The Labute approximate surface area is 320 Å². The Morgan fingerprint density at radius 1 is 0.811 bits per heavy atom. The largest absolute Gasteiger partial charge is 0.469 e. The third-order valence-electron chi connectivity index (χ3n) is 9.77. The van der Waals surface area contributed by atoms with Gasteiger partial charge in [0.05, 0.1) is 18.8 Å². The lowest BCUT2D eigenvalue weighted by atomic mass is 9.90. The average molecular weight is 773 g/mol. The highest BCUT2D eigenvalue weighted by molar-refractivity contribution is 7.46.